The van der Waals surface area contributed by atoms with Crippen LogP contribution in [0.2, 0.25) is 0 Å². The Morgan fingerprint density at radius 2 is 0.864 bits per heavy atom. The maximum Gasteiger partial charge on any atom is 0.281 e. The fraction of sp³-hybridized carbons (Fsp3) is 0.379. The molecule has 0 aliphatic carbocycles. The fourth-order valence-corrected chi connectivity index (χ4v) is 20.9. The average molecular weight is 1670 g/mol. The molecule has 3 heterocycles. The summed E-state index contributed by atoms with van der Waals surface area (Å²) in [5.41, 5.74) is 23.5. The maximum atomic E-state index is 18.9. The van der Waals surface area contributed by atoms with Crippen LogP contribution in [0.15, 0.2) is 203 Å². The maximum absolute atomic E-state index is 18.9. The highest BCUT2D eigenvalue weighted by Gasteiger charge is 2.64. The van der Waals surface area contributed by atoms with Crippen molar-refractivity contribution >= 4 is 62.2 Å². The van der Waals surface area contributed by atoms with Gasteiger partial charge in [0.15, 0.2) is 11.2 Å². The average Bonchev–Trinajstić information content (AvgIpc) is 1.45. The molecule has 9 aromatic carbocycles. The van der Waals surface area contributed by atoms with Gasteiger partial charge in [-0.2, -0.15) is 15.3 Å². The first-order chi connectivity index (χ1) is 56.1. The summed E-state index contributed by atoms with van der Waals surface area (Å²) in [6.07, 6.45) is -0.711. The molecule has 0 spiro atoms. The number of hydrogen-bond acceptors (Lipinski definition) is 15. The van der Waals surface area contributed by atoms with E-state index in [0.29, 0.717) is 23.1 Å². The Morgan fingerprint density at radius 3 is 1.33 bits per heavy atom. The van der Waals surface area contributed by atoms with Crippen LogP contribution in [0.3, 0.4) is 0 Å². The van der Waals surface area contributed by atoms with Crippen LogP contribution in [0, 0.1) is 82.4 Å². The number of nitrogens with two attached hydrogens (primary N) is 3. The molecule has 2 amide bonds. The molecule has 0 saturated carbocycles. The normalized spacial score (nSPS) is 19.5. The number of carbonyl (C=O) groups is 2. The van der Waals surface area contributed by atoms with Crippen LogP contribution in [0.1, 0.15) is 194 Å². The SMILES string of the molecule is COC(CC(CC(OC)(C(=O)N1N=C(c2cc(F)ccc2F)SC1(CCCN)c1ccc(C)c(C)c1)c1ccc(C)c(C)c1)[C@@](OC)(C(=O)N1N=C(c2cc(F)ccc2F)SC1(CCCN)c1ccc(C(C)(C)C)cc1)c1ccc(C(C)(C)C)cc1)C(c1cccc(C)c1)N1N=C(c2cc(F)ccc2F)SC1(CCCN)c1cccc(C)c1. The van der Waals surface area contributed by atoms with E-state index in [2.05, 4.69) is 41.5 Å². The number of rotatable bonds is 30. The number of aryl methyl sites for hydroxylation is 6. The standard InChI is InChI=1S/C95H107F6N9O5S3/c1-58-21-16-23-64(49-58)83(108-93(44-19-47-103,70-24-17-22-59(2)50-70)117-84(105-108)76-54-73(96)37-40-79(76)99)82(113-13)53-72(57-91(114-14,69-27-25-60(3)62(5)51-69)87(111)109-94(45-20-48-104,71-28-26-61(4)63(6)52-71)118-85(106-109)77-55-74(97)38-41-80(77)100)95(115-15,68-35-31-66(32-36-68)90(10,11)12)88(112)110-92(43-18-46-102,67-33-29-65(30-34-67)89(7,8)9)116-86(107-110)78-56-75(98)39-42-81(78)101/h16-17,21-42,49-52,54-56,72,82-83H,18-20,43-48,53,57,102-104H2,1-15H3/t72?,82?,83?,91?,92?,93?,94?,95-/m1/s1. The summed E-state index contributed by atoms with van der Waals surface area (Å²) < 4.78 is 121. The van der Waals surface area contributed by atoms with Gasteiger partial charge in [0, 0.05) is 43.9 Å². The Labute approximate surface area is 703 Å². The van der Waals surface area contributed by atoms with E-state index in [4.69, 9.17) is 46.7 Å². The van der Waals surface area contributed by atoms with Crippen LogP contribution in [0.4, 0.5) is 26.3 Å². The van der Waals surface area contributed by atoms with Crippen molar-refractivity contribution in [3.8, 4) is 0 Å². The van der Waals surface area contributed by atoms with Gasteiger partial charge in [-0.05, 0) is 245 Å². The fourth-order valence-electron chi connectivity index (χ4n) is 16.6. The lowest BCUT2D eigenvalue weighted by molar-refractivity contribution is -0.185. The summed E-state index contributed by atoms with van der Waals surface area (Å²) in [6, 6.07) is 50.7. The van der Waals surface area contributed by atoms with Gasteiger partial charge in [-0.3, -0.25) is 14.6 Å². The minimum absolute atomic E-state index is 0.0319. The molecular formula is C95H107F6N9O5S3. The quantitative estimate of drug-likeness (QED) is 0.0362. The van der Waals surface area contributed by atoms with Gasteiger partial charge >= 0.3 is 0 Å². The van der Waals surface area contributed by atoms with Gasteiger partial charge in [0.2, 0.25) is 0 Å². The largest absolute Gasteiger partial charge is 0.379 e. The van der Waals surface area contributed by atoms with Crippen molar-refractivity contribution in [2.75, 3.05) is 41.0 Å². The third-order valence-corrected chi connectivity index (χ3v) is 27.8. The number of halogens is 6. The van der Waals surface area contributed by atoms with Crippen molar-refractivity contribution in [2.24, 2.45) is 38.4 Å². The zero-order valence-electron chi connectivity index (χ0n) is 69.9. The lowest BCUT2D eigenvalue weighted by atomic mass is 9.68. The molecule has 0 bridgehead atoms. The molecule has 3 aliphatic rings. The summed E-state index contributed by atoms with van der Waals surface area (Å²) in [5, 5.41) is 20.8. The molecule has 9 aromatic rings. The molecule has 6 N–H and O–H groups in total. The van der Waals surface area contributed by atoms with Crippen molar-refractivity contribution in [3.63, 3.8) is 0 Å². The summed E-state index contributed by atoms with van der Waals surface area (Å²) in [6.45, 7) is 24.6. The number of amides is 2. The molecule has 0 radical (unpaired) electrons. The smallest absolute Gasteiger partial charge is 0.281 e. The van der Waals surface area contributed by atoms with Crippen LogP contribution in [0.25, 0.3) is 0 Å². The second kappa shape index (κ2) is 35.8. The van der Waals surface area contributed by atoms with Gasteiger partial charge in [0.1, 0.15) is 70.7 Å². The van der Waals surface area contributed by atoms with Crippen molar-refractivity contribution in [1.29, 1.82) is 0 Å². The van der Waals surface area contributed by atoms with Crippen LogP contribution >= 0.6 is 35.3 Å². The van der Waals surface area contributed by atoms with E-state index >= 15 is 35.9 Å². The summed E-state index contributed by atoms with van der Waals surface area (Å²) in [4.78, 5) is 32.7. The second-order valence-corrected chi connectivity index (χ2v) is 37.2. The molecule has 3 aliphatic heterocycles. The first-order valence-corrected chi connectivity index (χ1v) is 42.5. The predicted octanol–water partition coefficient (Wildman–Crippen LogP) is 20.6. The summed E-state index contributed by atoms with van der Waals surface area (Å²) in [5.74, 6) is -7.72. The molecule has 12 rings (SSSR count). The molecule has 14 nitrogen and oxygen atoms in total. The van der Waals surface area contributed by atoms with E-state index in [1.54, 1.807) is 13.2 Å². The zero-order valence-corrected chi connectivity index (χ0v) is 72.3. The van der Waals surface area contributed by atoms with Gasteiger partial charge in [-0.15, -0.1) is 0 Å². The van der Waals surface area contributed by atoms with E-state index in [1.807, 2.05) is 174 Å². The third-order valence-electron chi connectivity index (χ3n) is 23.5. The minimum atomic E-state index is -2.48. The van der Waals surface area contributed by atoms with Gasteiger partial charge < -0.3 is 31.4 Å². The Balaban J connectivity index is 1.24. The van der Waals surface area contributed by atoms with Crippen LogP contribution < -0.4 is 17.2 Å². The Morgan fingerprint density at radius 1 is 0.441 bits per heavy atom. The molecule has 7 unspecified atom stereocenters. The number of nitrogens with zero attached hydrogens (tertiary/aromatic N) is 6. The topological polar surface area (TPSA) is 187 Å². The van der Waals surface area contributed by atoms with E-state index in [0.717, 1.165) is 128 Å². The van der Waals surface area contributed by atoms with Crippen molar-refractivity contribution in [3.05, 3.63) is 318 Å². The predicted molar refractivity (Wildman–Crippen MR) is 465 cm³/mol. The molecular weight excluding hydrogens is 1560 g/mol. The monoisotopic (exact) mass is 1660 g/mol. The van der Waals surface area contributed by atoms with E-state index < -0.39 is 102 Å². The van der Waals surface area contributed by atoms with Crippen molar-refractivity contribution < 1.29 is 50.1 Å². The lowest BCUT2D eigenvalue weighted by Gasteiger charge is -2.49. The number of benzene rings is 9. The van der Waals surface area contributed by atoms with E-state index in [-0.39, 0.29) is 107 Å². The number of thioether (sulfide) groups is 3. The van der Waals surface area contributed by atoms with Gasteiger partial charge in [-0.1, -0.05) is 221 Å². The summed E-state index contributed by atoms with van der Waals surface area (Å²) in [7, 11) is 4.38. The van der Waals surface area contributed by atoms with Crippen molar-refractivity contribution in [1.82, 2.24) is 15.0 Å². The number of hydrazone groups is 3. The molecule has 622 valence electrons. The lowest BCUT2D eigenvalue weighted by Crippen LogP contribution is -2.59. The number of ether oxygens (including phenoxy) is 3. The van der Waals surface area contributed by atoms with Crippen LogP contribution in [-0.2, 0) is 60.4 Å². The minimum Gasteiger partial charge on any atom is -0.379 e. The highest BCUT2D eigenvalue weighted by molar-refractivity contribution is 8.16. The number of methoxy groups -OCH3 is 3. The highest BCUT2D eigenvalue weighted by atomic mass is 32.2. The van der Waals surface area contributed by atoms with Crippen LogP contribution in [0.5, 0.6) is 0 Å². The molecule has 0 saturated heterocycles. The number of carbonyl (C=O) groups excluding carboxylic acids is 2. The molecule has 0 aromatic heterocycles. The van der Waals surface area contributed by atoms with E-state index in [9.17, 15) is 0 Å². The Kier molecular flexibility index (Phi) is 26.8. The zero-order chi connectivity index (χ0) is 85.2. The van der Waals surface area contributed by atoms with E-state index in [1.165, 1.54) is 36.0 Å². The van der Waals surface area contributed by atoms with Gasteiger partial charge in [0.05, 0.1) is 6.10 Å². The molecule has 118 heavy (non-hydrogen) atoms. The Hall–Kier alpha value is -8.88. The Bertz CT molecular complexity index is 5290. The first kappa shape index (κ1) is 88.4. The molecule has 8 atom stereocenters. The first-order valence-electron chi connectivity index (χ1n) is 40.0. The molecule has 0 fully saturated rings. The highest BCUT2D eigenvalue weighted by Crippen LogP contribution is 2.61. The third kappa shape index (κ3) is 17.2. The van der Waals surface area contributed by atoms with Gasteiger partial charge in [-0.25, -0.2) is 36.4 Å². The molecule has 23 heteroatoms. The van der Waals surface area contributed by atoms with Crippen molar-refractivity contribution in [2.45, 2.75) is 183 Å². The second-order valence-electron chi connectivity index (χ2n) is 33.4. The number of hydrogen-bond donors (Lipinski definition) is 3. The van der Waals surface area contributed by atoms with Crippen LogP contribution in [-0.4, -0.2) is 89.0 Å². The van der Waals surface area contributed by atoms with Gasteiger partial charge in [0.25, 0.3) is 11.8 Å². The summed E-state index contributed by atoms with van der Waals surface area (Å²) >= 11 is 3.41.